The predicted molar refractivity (Wildman–Crippen MR) is 102 cm³/mol. The number of rotatable bonds is 6. The van der Waals surface area contributed by atoms with Crippen LogP contribution in [0, 0.1) is 6.92 Å². The van der Waals surface area contributed by atoms with Crippen molar-refractivity contribution in [3.63, 3.8) is 0 Å². The van der Waals surface area contributed by atoms with Crippen molar-refractivity contribution >= 4 is 5.91 Å². The largest absolute Gasteiger partial charge is 0.355 e. The number of hydrogen-bond donors (Lipinski definition) is 1. The SMILES string of the molecule is CCN1CCN(C(C)CNC(=O)c2cc(-c3ccc(C)cc3)on2)CC1. The molecular formula is C20H28N4O2. The molecular weight excluding hydrogens is 328 g/mol. The van der Waals surface area contributed by atoms with Crippen LogP contribution < -0.4 is 5.32 Å². The Kier molecular flexibility index (Phi) is 6.06. The summed E-state index contributed by atoms with van der Waals surface area (Å²) in [5.41, 5.74) is 2.42. The van der Waals surface area contributed by atoms with Crippen LogP contribution in [0.2, 0.25) is 0 Å². The predicted octanol–water partition coefficient (Wildman–Crippen LogP) is 2.41. The number of piperazine rings is 1. The lowest BCUT2D eigenvalue weighted by atomic mass is 10.1. The standard InChI is InChI=1S/C20H28N4O2/c1-4-23-9-11-24(12-10-23)16(3)14-21-20(25)18-13-19(26-22-18)17-7-5-15(2)6-8-17/h5-8,13,16H,4,9-12,14H2,1-3H3,(H,21,25). The van der Waals surface area contributed by atoms with E-state index in [1.807, 2.05) is 31.2 Å². The van der Waals surface area contributed by atoms with E-state index in [0.717, 1.165) is 38.3 Å². The van der Waals surface area contributed by atoms with Crippen LogP contribution in [0.1, 0.15) is 29.9 Å². The van der Waals surface area contributed by atoms with Crippen molar-refractivity contribution in [1.29, 1.82) is 0 Å². The summed E-state index contributed by atoms with van der Waals surface area (Å²) >= 11 is 0. The third kappa shape index (κ3) is 4.51. The number of amides is 1. The molecule has 0 aliphatic carbocycles. The van der Waals surface area contributed by atoms with Crippen molar-refractivity contribution in [3.8, 4) is 11.3 Å². The molecule has 6 nitrogen and oxygen atoms in total. The maximum absolute atomic E-state index is 12.4. The van der Waals surface area contributed by atoms with Gasteiger partial charge in [-0.2, -0.15) is 0 Å². The third-order valence-corrected chi connectivity index (χ3v) is 5.11. The molecule has 1 aliphatic rings. The molecule has 0 bridgehead atoms. The lowest BCUT2D eigenvalue weighted by Gasteiger charge is -2.37. The van der Waals surface area contributed by atoms with Crippen LogP contribution in [-0.2, 0) is 0 Å². The van der Waals surface area contributed by atoms with Crippen molar-refractivity contribution in [2.45, 2.75) is 26.8 Å². The van der Waals surface area contributed by atoms with Crippen LogP contribution in [0.15, 0.2) is 34.9 Å². The Bertz CT molecular complexity index is 718. The van der Waals surface area contributed by atoms with Crippen LogP contribution in [0.25, 0.3) is 11.3 Å². The Morgan fingerprint density at radius 3 is 2.58 bits per heavy atom. The summed E-state index contributed by atoms with van der Waals surface area (Å²) in [6.45, 7) is 12.4. The van der Waals surface area contributed by atoms with E-state index in [1.165, 1.54) is 5.56 Å². The van der Waals surface area contributed by atoms with Gasteiger partial charge in [0.15, 0.2) is 11.5 Å². The summed E-state index contributed by atoms with van der Waals surface area (Å²) in [5, 5.41) is 6.90. The van der Waals surface area contributed by atoms with E-state index >= 15 is 0 Å². The van der Waals surface area contributed by atoms with E-state index in [1.54, 1.807) is 6.07 Å². The van der Waals surface area contributed by atoms with E-state index in [9.17, 15) is 4.79 Å². The molecule has 1 amide bonds. The summed E-state index contributed by atoms with van der Waals surface area (Å²) in [7, 11) is 0. The number of nitrogens with zero attached hydrogens (tertiary/aromatic N) is 3. The molecule has 0 saturated carbocycles. The van der Waals surface area contributed by atoms with E-state index in [-0.39, 0.29) is 5.91 Å². The molecule has 26 heavy (non-hydrogen) atoms. The minimum Gasteiger partial charge on any atom is -0.355 e. The second-order valence-electron chi connectivity index (χ2n) is 6.97. The number of aromatic nitrogens is 1. The minimum atomic E-state index is -0.189. The fourth-order valence-electron chi connectivity index (χ4n) is 3.22. The third-order valence-electron chi connectivity index (χ3n) is 5.11. The summed E-state index contributed by atoms with van der Waals surface area (Å²) in [6.07, 6.45) is 0. The highest BCUT2D eigenvalue weighted by Crippen LogP contribution is 2.20. The number of benzene rings is 1. The average molecular weight is 356 g/mol. The van der Waals surface area contributed by atoms with Crippen molar-refractivity contribution in [1.82, 2.24) is 20.3 Å². The molecule has 1 aromatic carbocycles. The van der Waals surface area contributed by atoms with Crippen LogP contribution in [-0.4, -0.2) is 66.2 Å². The number of likely N-dealkylation sites (N-methyl/N-ethyl adjacent to an activating group) is 1. The van der Waals surface area contributed by atoms with Gasteiger partial charge in [0, 0.05) is 50.4 Å². The van der Waals surface area contributed by atoms with E-state index in [4.69, 9.17) is 4.52 Å². The fraction of sp³-hybridized carbons (Fsp3) is 0.500. The quantitative estimate of drug-likeness (QED) is 0.861. The van der Waals surface area contributed by atoms with Gasteiger partial charge in [-0.05, 0) is 20.4 Å². The summed E-state index contributed by atoms with van der Waals surface area (Å²) < 4.78 is 5.33. The van der Waals surface area contributed by atoms with Crippen LogP contribution in [0.3, 0.4) is 0 Å². The van der Waals surface area contributed by atoms with Crippen LogP contribution >= 0.6 is 0 Å². The Hall–Kier alpha value is -2.18. The first kappa shape index (κ1) is 18.6. The molecule has 1 saturated heterocycles. The first-order valence-corrected chi connectivity index (χ1v) is 9.35. The van der Waals surface area contributed by atoms with Gasteiger partial charge in [-0.3, -0.25) is 9.69 Å². The van der Waals surface area contributed by atoms with Gasteiger partial charge in [0.25, 0.3) is 5.91 Å². The van der Waals surface area contributed by atoms with E-state index in [2.05, 4.69) is 34.1 Å². The smallest absolute Gasteiger partial charge is 0.273 e. The molecule has 140 valence electrons. The molecule has 0 spiro atoms. The number of nitrogens with one attached hydrogen (secondary N) is 1. The van der Waals surface area contributed by atoms with Gasteiger partial charge in [0.05, 0.1) is 0 Å². The molecule has 1 unspecified atom stereocenters. The highest BCUT2D eigenvalue weighted by atomic mass is 16.5. The van der Waals surface area contributed by atoms with Gasteiger partial charge >= 0.3 is 0 Å². The molecule has 1 aliphatic heterocycles. The second kappa shape index (κ2) is 8.47. The van der Waals surface area contributed by atoms with Crippen LogP contribution in [0.4, 0.5) is 0 Å². The topological polar surface area (TPSA) is 61.6 Å². The number of carbonyl (C=O) groups excluding carboxylic acids is 1. The zero-order valence-corrected chi connectivity index (χ0v) is 15.9. The number of hydrogen-bond acceptors (Lipinski definition) is 5. The van der Waals surface area contributed by atoms with Gasteiger partial charge in [-0.25, -0.2) is 0 Å². The van der Waals surface area contributed by atoms with E-state index < -0.39 is 0 Å². The molecule has 0 radical (unpaired) electrons. The fourth-order valence-corrected chi connectivity index (χ4v) is 3.22. The molecule has 1 N–H and O–H groups in total. The van der Waals surface area contributed by atoms with Gasteiger partial charge in [-0.15, -0.1) is 0 Å². The van der Waals surface area contributed by atoms with Crippen molar-refractivity contribution in [3.05, 3.63) is 41.6 Å². The van der Waals surface area contributed by atoms with Crippen LogP contribution in [0.5, 0.6) is 0 Å². The molecule has 1 atom stereocenters. The minimum absolute atomic E-state index is 0.189. The molecule has 1 fully saturated rings. The summed E-state index contributed by atoms with van der Waals surface area (Å²) in [4.78, 5) is 17.2. The first-order chi connectivity index (χ1) is 12.6. The molecule has 2 aromatic rings. The van der Waals surface area contributed by atoms with Crippen molar-refractivity contribution < 1.29 is 9.32 Å². The van der Waals surface area contributed by atoms with Gasteiger partial charge < -0.3 is 14.7 Å². The first-order valence-electron chi connectivity index (χ1n) is 9.35. The Labute approximate surface area is 155 Å². The normalized spacial score (nSPS) is 17.2. The molecule has 3 rings (SSSR count). The highest BCUT2D eigenvalue weighted by Gasteiger charge is 2.21. The second-order valence-corrected chi connectivity index (χ2v) is 6.97. The molecule has 1 aromatic heterocycles. The lowest BCUT2D eigenvalue weighted by molar-refractivity contribution is 0.0876. The Balaban J connectivity index is 1.51. The van der Waals surface area contributed by atoms with Crippen molar-refractivity contribution in [2.24, 2.45) is 0 Å². The maximum atomic E-state index is 12.4. The highest BCUT2D eigenvalue weighted by molar-refractivity contribution is 5.93. The zero-order chi connectivity index (χ0) is 18.5. The van der Waals surface area contributed by atoms with Gasteiger partial charge in [0.2, 0.25) is 0 Å². The summed E-state index contributed by atoms with van der Waals surface area (Å²) in [5.74, 6) is 0.421. The summed E-state index contributed by atoms with van der Waals surface area (Å²) in [6, 6.07) is 9.96. The zero-order valence-electron chi connectivity index (χ0n) is 15.9. The lowest BCUT2D eigenvalue weighted by Crippen LogP contribution is -2.52. The monoisotopic (exact) mass is 356 g/mol. The van der Waals surface area contributed by atoms with Gasteiger partial charge in [-0.1, -0.05) is 41.9 Å². The molecule has 2 heterocycles. The maximum Gasteiger partial charge on any atom is 0.273 e. The van der Waals surface area contributed by atoms with Gasteiger partial charge in [0.1, 0.15) is 0 Å². The molecule has 6 heteroatoms. The number of aryl methyl sites for hydroxylation is 1. The van der Waals surface area contributed by atoms with E-state index in [0.29, 0.717) is 24.0 Å². The Morgan fingerprint density at radius 1 is 1.23 bits per heavy atom. The van der Waals surface area contributed by atoms with Crippen molar-refractivity contribution in [2.75, 3.05) is 39.3 Å². The number of carbonyl (C=O) groups is 1. The Morgan fingerprint density at radius 2 is 1.92 bits per heavy atom. The average Bonchev–Trinajstić information content (AvgIpc) is 3.16.